The smallest absolute Gasteiger partial charge is 0.287 e. The Morgan fingerprint density at radius 1 is 1.03 bits per heavy atom. The molecule has 8 nitrogen and oxygen atoms in total. The van der Waals surface area contributed by atoms with E-state index >= 15 is 0 Å². The predicted molar refractivity (Wildman–Crippen MR) is 135 cm³/mol. The Balaban J connectivity index is 1.58. The van der Waals surface area contributed by atoms with Crippen LogP contribution in [0.1, 0.15) is 79.6 Å². The summed E-state index contributed by atoms with van der Waals surface area (Å²) >= 11 is 0. The maximum absolute atomic E-state index is 13.8. The van der Waals surface area contributed by atoms with Crippen LogP contribution < -0.4 is 10.6 Å². The maximum Gasteiger partial charge on any atom is 0.287 e. The average Bonchev–Trinajstić information content (AvgIpc) is 3.62. The van der Waals surface area contributed by atoms with E-state index in [2.05, 4.69) is 17.6 Å². The molecule has 1 aromatic heterocycles. The highest BCUT2D eigenvalue weighted by atomic mass is 16.5. The highest BCUT2D eigenvalue weighted by Gasteiger charge is 2.35. The van der Waals surface area contributed by atoms with Gasteiger partial charge < -0.3 is 24.7 Å². The first-order chi connectivity index (χ1) is 17.5. The fourth-order valence-corrected chi connectivity index (χ4v) is 5.05. The Kier molecular flexibility index (Phi) is 9.17. The molecule has 1 saturated heterocycles. The molecule has 2 fully saturated rings. The molecule has 4 rings (SSSR count). The zero-order valence-electron chi connectivity index (χ0n) is 21.0. The van der Waals surface area contributed by atoms with Crippen LogP contribution >= 0.6 is 0 Å². The van der Waals surface area contributed by atoms with Crippen LogP contribution in [-0.4, -0.2) is 54.5 Å². The lowest BCUT2D eigenvalue weighted by atomic mass is 9.94. The van der Waals surface area contributed by atoms with Gasteiger partial charge in [-0.25, -0.2) is 0 Å². The summed E-state index contributed by atoms with van der Waals surface area (Å²) in [5, 5.41) is 5.86. The fraction of sp³-hybridized carbons (Fsp3) is 0.536. The first kappa shape index (κ1) is 25.9. The number of ether oxygens (including phenoxy) is 1. The van der Waals surface area contributed by atoms with Crippen LogP contribution in [-0.2, 0) is 20.7 Å². The van der Waals surface area contributed by atoms with Crippen molar-refractivity contribution in [1.82, 2.24) is 15.5 Å². The number of nitrogens with zero attached hydrogens (tertiary/aromatic N) is 1. The van der Waals surface area contributed by atoms with Gasteiger partial charge in [0.2, 0.25) is 11.8 Å². The van der Waals surface area contributed by atoms with Gasteiger partial charge in [-0.1, -0.05) is 50.5 Å². The van der Waals surface area contributed by atoms with E-state index in [1.807, 2.05) is 24.3 Å². The van der Waals surface area contributed by atoms with Crippen LogP contribution in [0, 0.1) is 0 Å². The molecule has 2 N–H and O–H groups in total. The third-order valence-corrected chi connectivity index (χ3v) is 7.11. The SMILES string of the molecule is CCc1ccc([C@@H](C(=O)NC2CCCCC2)N(C[C@@H]2CCCO2)C(=O)CNC(=O)c2ccco2)cc1. The van der Waals surface area contributed by atoms with E-state index in [4.69, 9.17) is 9.15 Å². The number of carbonyl (C=O) groups is 3. The van der Waals surface area contributed by atoms with Gasteiger partial charge in [0.1, 0.15) is 6.04 Å². The summed E-state index contributed by atoms with van der Waals surface area (Å²) in [4.78, 5) is 41.3. The lowest BCUT2D eigenvalue weighted by Crippen LogP contribution is -2.51. The molecule has 0 spiro atoms. The monoisotopic (exact) mass is 495 g/mol. The summed E-state index contributed by atoms with van der Waals surface area (Å²) in [5.74, 6) is -0.861. The van der Waals surface area contributed by atoms with E-state index in [9.17, 15) is 14.4 Å². The molecule has 3 amide bonds. The zero-order chi connectivity index (χ0) is 25.3. The first-order valence-electron chi connectivity index (χ1n) is 13.2. The first-order valence-corrected chi connectivity index (χ1v) is 13.2. The van der Waals surface area contributed by atoms with Crippen LogP contribution in [0.25, 0.3) is 0 Å². The van der Waals surface area contributed by atoms with Crippen LogP contribution in [0.5, 0.6) is 0 Å². The van der Waals surface area contributed by atoms with Crippen LogP contribution in [0.4, 0.5) is 0 Å². The quantitative estimate of drug-likeness (QED) is 0.523. The zero-order valence-corrected chi connectivity index (χ0v) is 21.0. The Bertz CT molecular complexity index is 993. The summed E-state index contributed by atoms with van der Waals surface area (Å²) in [6.45, 7) is 2.77. The van der Waals surface area contributed by atoms with Crippen molar-refractivity contribution in [3.05, 3.63) is 59.5 Å². The van der Waals surface area contributed by atoms with Gasteiger partial charge in [-0.3, -0.25) is 14.4 Å². The highest BCUT2D eigenvalue weighted by molar-refractivity contribution is 5.95. The second-order valence-electron chi connectivity index (χ2n) is 9.68. The van der Waals surface area contributed by atoms with E-state index in [-0.39, 0.29) is 42.8 Å². The Labute approximate surface area is 212 Å². The predicted octanol–water partition coefficient (Wildman–Crippen LogP) is 3.77. The van der Waals surface area contributed by atoms with Gasteiger partial charge in [0.05, 0.1) is 18.9 Å². The Hall–Kier alpha value is -3.13. The maximum atomic E-state index is 13.8. The molecule has 1 aromatic carbocycles. The van der Waals surface area contributed by atoms with Gasteiger partial charge in [0.25, 0.3) is 5.91 Å². The second-order valence-corrected chi connectivity index (χ2v) is 9.68. The molecule has 0 radical (unpaired) electrons. The van der Waals surface area contributed by atoms with Crippen molar-refractivity contribution in [1.29, 1.82) is 0 Å². The number of furan rings is 1. The standard InChI is InChI=1S/C28H37N3O5/c1-2-20-12-14-21(15-13-20)26(28(34)30-22-8-4-3-5-9-22)31(19-23-10-6-16-35-23)25(32)18-29-27(33)24-11-7-17-36-24/h7,11-15,17,22-23,26H,2-6,8-10,16,18-19H2,1H3,(H,29,33)(H,30,34)/t23-,26-/m0/s1. The largest absolute Gasteiger partial charge is 0.459 e. The molecule has 2 aliphatic rings. The summed E-state index contributed by atoms with van der Waals surface area (Å²) in [7, 11) is 0. The fourth-order valence-electron chi connectivity index (χ4n) is 5.05. The van der Waals surface area contributed by atoms with Crippen molar-refractivity contribution >= 4 is 17.7 Å². The van der Waals surface area contributed by atoms with Crippen molar-refractivity contribution < 1.29 is 23.5 Å². The lowest BCUT2D eigenvalue weighted by molar-refractivity contribution is -0.142. The molecular formula is C28H37N3O5. The normalized spacial score (nSPS) is 19.0. The van der Waals surface area contributed by atoms with Gasteiger partial charge in [-0.05, 0) is 55.4 Å². The van der Waals surface area contributed by atoms with Gasteiger partial charge in [-0.2, -0.15) is 0 Å². The Morgan fingerprint density at radius 3 is 2.44 bits per heavy atom. The molecule has 0 bridgehead atoms. The number of hydrogen-bond donors (Lipinski definition) is 2. The summed E-state index contributed by atoms with van der Waals surface area (Å²) in [6, 6.07) is 10.3. The van der Waals surface area contributed by atoms with Crippen LogP contribution in [0.3, 0.4) is 0 Å². The molecule has 1 saturated carbocycles. The van der Waals surface area contributed by atoms with Crippen molar-refractivity contribution in [3.8, 4) is 0 Å². The number of nitrogens with one attached hydrogen (secondary N) is 2. The molecule has 2 aromatic rings. The van der Waals surface area contributed by atoms with Crippen molar-refractivity contribution in [3.63, 3.8) is 0 Å². The van der Waals surface area contributed by atoms with Gasteiger partial charge in [0, 0.05) is 19.2 Å². The number of carbonyl (C=O) groups excluding carboxylic acids is 3. The molecular weight excluding hydrogens is 458 g/mol. The number of rotatable bonds is 10. The van der Waals surface area contributed by atoms with Gasteiger partial charge >= 0.3 is 0 Å². The van der Waals surface area contributed by atoms with Crippen molar-refractivity contribution in [2.24, 2.45) is 0 Å². The average molecular weight is 496 g/mol. The molecule has 0 unspecified atom stereocenters. The summed E-state index contributed by atoms with van der Waals surface area (Å²) in [6.07, 6.45) is 9.18. The minimum atomic E-state index is -0.810. The van der Waals surface area contributed by atoms with E-state index < -0.39 is 11.9 Å². The van der Waals surface area contributed by atoms with Crippen LogP contribution in [0.15, 0.2) is 47.1 Å². The third-order valence-electron chi connectivity index (χ3n) is 7.11. The minimum absolute atomic E-state index is 0.113. The molecule has 2 heterocycles. The summed E-state index contributed by atoms with van der Waals surface area (Å²) < 4.78 is 11.0. The second kappa shape index (κ2) is 12.7. The molecule has 36 heavy (non-hydrogen) atoms. The van der Waals surface area contributed by atoms with Gasteiger partial charge in [-0.15, -0.1) is 0 Å². The third kappa shape index (κ3) is 6.75. The summed E-state index contributed by atoms with van der Waals surface area (Å²) in [5.41, 5.74) is 1.91. The molecule has 194 valence electrons. The molecule has 1 aliphatic heterocycles. The van der Waals surface area contributed by atoms with E-state index in [1.165, 1.54) is 12.7 Å². The topological polar surface area (TPSA) is 101 Å². The molecule has 1 aliphatic carbocycles. The Morgan fingerprint density at radius 2 is 1.81 bits per heavy atom. The number of aryl methyl sites for hydroxylation is 1. The highest BCUT2D eigenvalue weighted by Crippen LogP contribution is 2.27. The van der Waals surface area contributed by atoms with E-state index in [0.717, 1.165) is 56.1 Å². The van der Waals surface area contributed by atoms with Crippen molar-refractivity contribution in [2.75, 3.05) is 19.7 Å². The lowest BCUT2D eigenvalue weighted by Gasteiger charge is -2.34. The van der Waals surface area contributed by atoms with Crippen LogP contribution in [0.2, 0.25) is 0 Å². The van der Waals surface area contributed by atoms with Gasteiger partial charge in [0.15, 0.2) is 5.76 Å². The molecule has 8 heteroatoms. The molecule has 2 atom stereocenters. The minimum Gasteiger partial charge on any atom is -0.459 e. The number of amides is 3. The number of hydrogen-bond acceptors (Lipinski definition) is 5. The number of benzene rings is 1. The van der Waals surface area contributed by atoms with Crippen molar-refractivity contribution in [2.45, 2.75) is 76.5 Å². The van der Waals surface area contributed by atoms with E-state index in [0.29, 0.717) is 6.61 Å². The van der Waals surface area contributed by atoms with E-state index in [1.54, 1.807) is 17.0 Å².